The molecular formula is C16H24N2O5S. The van der Waals surface area contributed by atoms with E-state index in [1.165, 1.54) is 0 Å². The number of carbonyl (C=O) groups excluding carboxylic acids is 2. The smallest absolute Gasteiger partial charge is 0.407 e. The Hall–Kier alpha value is -2.09. The quantitative estimate of drug-likeness (QED) is 0.614. The van der Waals surface area contributed by atoms with Gasteiger partial charge < -0.3 is 15.4 Å². The predicted molar refractivity (Wildman–Crippen MR) is 91.2 cm³/mol. The summed E-state index contributed by atoms with van der Waals surface area (Å²) in [4.78, 5) is 22.6. The van der Waals surface area contributed by atoms with Crippen molar-refractivity contribution in [2.45, 2.75) is 25.5 Å². The van der Waals surface area contributed by atoms with E-state index in [9.17, 15) is 18.0 Å². The minimum atomic E-state index is -3.19. The molecule has 0 bridgehead atoms. The Morgan fingerprint density at radius 1 is 1.08 bits per heavy atom. The minimum absolute atomic E-state index is 0.00520. The number of ether oxygens (including phenoxy) is 1. The van der Waals surface area contributed by atoms with Gasteiger partial charge in [0, 0.05) is 19.5 Å². The summed E-state index contributed by atoms with van der Waals surface area (Å²) in [7, 11) is -3.19. The molecule has 1 rings (SSSR count). The molecule has 0 radical (unpaired) electrons. The second-order valence-electron chi connectivity index (χ2n) is 5.18. The van der Waals surface area contributed by atoms with Crippen molar-refractivity contribution in [1.82, 2.24) is 10.6 Å². The van der Waals surface area contributed by atoms with Crippen LogP contribution in [0.2, 0.25) is 0 Å². The molecular weight excluding hydrogens is 332 g/mol. The molecule has 7 nitrogen and oxygen atoms in total. The van der Waals surface area contributed by atoms with Crippen LogP contribution in [0, 0.1) is 0 Å². The van der Waals surface area contributed by atoms with Crippen LogP contribution < -0.4 is 10.6 Å². The van der Waals surface area contributed by atoms with Crippen LogP contribution in [0.5, 0.6) is 0 Å². The monoisotopic (exact) mass is 356 g/mol. The Balaban J connectivity index is 2.16. The van der Waals surface area contributed by atoms with Crippen LogP contribution >= 0.6 is 0 Å². The summed E-state index contributed by atoms with van der Waals surface area (Å²) in [6.07, 6.45) is -0.0841. The van der Waals surface area contributed by atoms with E-state index in [1.54, 1.807) is 31.2 Å². The number of carbonyl (C=O) groups is 2. The highest BCUT2D eigenvalue weighted by molar-refractivity contribution is 7.90. The van der Waals surface area contributed by atoms with Gasteiger partial charge in [-0.15, -0.1) is 0 Å². The number of alkyl carbamates (subject to hydrolysis) is 1. The maximum absolute atomic E-state index is 12.0. The van der Waals surface area contributed by atoms with Crippen molar-refractivity contribution in [2.24, 2.45) is 0 Å². The van der Waals surface area contributed by atoms with E-state index >= 15 is 0 Å². The van der Waals surface area contributed by atoms with Gasteiger partial charge in [-0.2, -0.15) is 0 Å². The molecule has 0 saturated carbocycles. The first kappa shape index (κ1) is 20.0. The minimum Gasteiger partial charge on any atom is -0.450 e. The molecule has 0 aromatic heterocycles. The third-order valence-corrected chi connectivity index (χ3v) is 4.76. The van der Waals surface area contributed by atoms with Gasteiger partial charge >= 0.3 is 6.09 Å². The van der Waals surface area contributed by atoms with E-state index in [2.05, 4.69) is 15.4 Å². The molecule has 0 fully saturated rings. The van der Waals surface area contributed by atoms with Crippen LogP contribution in [0.15, 0.2) is 30.3 Å². The molecule has 0 aliphatic rings. The van der Waals surface area contributed by atoms with Crippen LogP contribution in [-0.2, 0) is 25.1 Å². The number of nitrogens with one attached hydrogen (secondary N) is 2. The van der Waals surface area contributed by atoms with Gasteiger partial charge in [0.25, 0.3) is 0 Å². The summed E-state index contributed by atoms with van der Waals surface area (Å²) in [5, 5.41) is 5.07. The van der Waals surface area contributed by atoms with Crippen LogP contribution in [0.4, 0.5) is 4.79 Å². The van der Waals surface area contributed by atoms with Crippen molar-refractivity contribution in [3.8, 4) is 0 Å². The molecule has 0 aliphatic heterocycles. The third kappa shape index (κ3) is 9.14. The largest absolute Gasteiger partial charge is 0.450 e. The molecule has 1 aromatic rings. The maximum atomic E-state index is 12.0. The summed E-state index contributed by atoms with van der Waals surface area (Å²) in [6, 6.07) is 8.99. The normalized spacial score (nSPS) is 10.9. The topological polar surface area (TPSA) is 102 Å². The summed E-state index contributed by atoms with van der Waals surface area (Å²) in [5.41, 5.74) is 0.756. The highest BCUT2D eigenvalue weighted by Gasteiger charge is 2.12. The second-order valence-corrected chi connectivity index (χ2v) is 7.36. The van der Waals surface area contributed by atoms with Gasteiger partial charge in [0.05, 0.1) is 18.1 Å². The van der Waals surface area contributed by atoms with Crippen molar-refractivity contribution in [3.63, 3.8) is 0 Å². The average Bonchev–Trinajstić information content (AvgIpc) is 2.52. The van der Waals surface area contributed by atoms with Crippen molar-refractivity contribution < 1.29 is 22.7 Å². The number of hydrogen-bond acceptors (Lipinski definition) is 5. The molecule has 0 saturated heterocycles. The third-order valence-electron chi connectivity index (χ3n) is 3.08. The fraction of sp³-hybridized carbons (Fsp3) is 0.500. The lowest BCUT2D eigenvalue weighted by molar-refractivity contribution is -0.120. The first-order chi connectivity index (χ1) is 11.4. The molecule has 0 heterocycles. The fourth-order valence-electron chi connectivity index (χ4n) is 1.97. The lowest BCUT2D eigenvalue weighted by Gasteiger charge is -2.07. The summed E-state index contributed by atoms with van der Waals surface area (Å²) in [6.45, 7) is 2.43. The molecule has 0 unspecified atom stereocenters. The van der Waals surface area contributed by atoms with Gasteiger partial charge in [-0.3, -0.25) is 4.79 Å². The molecule has 0 spiro atoms. The Kier molecular flexibility index (Phi) is 8.85. The van der Waals surface area contributed by atoms with E-state index in [1.807, 2.05) is 6.07 Å². The lowest BCUT2D eigenvalue weighted by atomic mass is 10.2. The van der Waals surface area contributed by atoms with Gasteiger partial charge in [0.15, 0.2) is 9.84 Å². The van der Waals surface area contributed by atoms with Crippen LogP contribution in [-0.4, -0.2) is 45.9 Å². The maximum Gasteiger partial charge on any atom is 0.407 e. The molecule has 24 heavy (non-hydrogen) atoms. The van der Waals surface area contributed by atoms with E-state index in [4.69, 9.17) is 0 Å². The van der Waals surface area contributed by atoms with Crippen LogP contribution in [0.3, 0.4) is 0 Å². The predicted octanol–water partition coefficient (Wildman–Crippen LogP) is 1.24. The zero-order chi connectivity index (χ0) is 17.8. The molecule has 2 N–H and O–H groups in total. The molecule has 0 atom stereocenters. The summed E-state index contributed by atoms with van der Waals surface area (Å²) >= 11 is 0. The zero-order valence-corrected chi connectivity index (χ0v) is 14.6. The summed E-state index contributed by atoms with van der Waals surface area (Å²) in [5.74, 6) is -0.221. The zero-order valence-electron chi connectivity index (χ0n) is 13.8. The van der Waals surface area contributed by atoms with E-state index in [0.717, 1.165) is 5.56 Å². The number of benzene rings is 1. The molecule has 8 heteroatoms. The lowest BCUT2D eigenvalue weighted by Crippen LogP contribution is -2.32. The number of sulfone groups is 1. The van der Waals surface area contributed by atoms with E-state index in [0.29, 0.717) is 6.42 Å². The van der Waals surface area contributed by atoms with Gasteiger partial charge in [-0.1, -0.05) is 30.3 Å². The summed E-state index contributed by atoms with van der Waals surface area (Å²) < 4.78 is 28.6. The van der Waals surface area contributed by atoms with Crippen LogP contribution in [0.1, 0.15) is 25.3 Å². The van der Waals surface area contributed by atoms with E-state index in [-0.39, 0.29) is 43.5 Å². The fourth-order valence-corrected chi connectivity index (χ4v) is 3.40. The first-order valence-electron chi connectivity index (χ1n) is 7.84. The molecule has 134 valence electrons. The molecule has 0 aliphatic carbocycles. The standard InChI is InChI=1S/C16H24N2O5S/c1-2-23-16(20)18-11-9-15(19)17-10-6-12-24(21,22)13-14-7-4-3-5-8-14/h3-5,7-8H,2,6,9-13H2,1H3,(H,17,19)(H,18,20). The highest BCUT2D eigenvalue weighted by Crippen LogP contribution is 2.06. The van der Waals surface area contributed by atoms with Crippen molar-refractivity contribution in [1.29, 1.82) is 0 Å². The van der Waals surface area contributed by atoms with Gasteiger partial charge in [0.1, 0.15) is 0 Å². The Morgan fingerprint density at radius 2 is 1.79 bits per heavy atom. The van der Waals surface area contributed by atoms with Gasteiger partial charge in [-0.05, 0) is 18.9 Å². The Labute approximate surface area is 142 Å². The number of amides is 2. The van der Waals surface area contributed by atoms with Crippen molar-refractivity contribution >= 4 is 21.8 Å². The average molecular weight is 356 g/mol. The van der Waals surface area contributed by atoms with Crippen molar-refractivity contribution in [2.75, 3.05) is 25.4 Å². The van der Waals surface area contributed by atoms with Gasteiger partial charge in [0.2, 0.25) is 5.91 Å². The van der Waals surface area contributed by atoms with Crippen LogP contribution in [0.25, 0.3) is 0 Å². The second kappa shape index (κ2) is 10.6. The SMILES string of the molecule is CCOC(=O)NCCC(=O)NCCCS(=O)(=O)Cc1ccccc1. The van der Waals surface area contributed by atoms with E-state index < -0.39 is 15.9 Å². The molecule has 2 amide bonds. The molecule has 1 aromatic carbocycles. The number of rotatable bonds is 10. The highest BCUT2D eigenvalue weighted by atomic mass is 32.2. The number of hydrogen-bond donors (Lipinski definition) is 2. The Morgan fingerprint density at radius 3 is 2.46 bits per heavy atom. The van der Waals surface area contributed by atoms with Crippen molar-refractivity contribution in [3.05, 3.63) is 35.9 Å². The first-order valence-corrected chi connectivity index (χ1v) is 9.67. The van der Waals surface area contributed by atoms with Gasteiger partial charge in [-0.25, -0.2) is 13.2 Å². The Bertz CT molecular complexity index is 617.